The van der Waals surface area contributed by atoms with Crippen LogP contribution in [-0.2, 0) is 6.54 Å². The molecule has 4 aromatic rings. The maximum atomic E-state index is 13.3. The Morgan fingerprint density at radius 1 is 1.04 bits per heavy atom. The molecular formula is C19H12F2N2OS. The lowest BCUT2D eigenvalue weighted by Crippen LogP contribution is -2.20. The van der Waals surface area contributed by atoms with E-state index in [1.807, 2.05) is 5.38 Å². The van der Waals surface area contributed by atoms with Gasteiger partial charge in [0.05, 0.1) is 18.4 Å². The van der Waals surface area contributed by atoms with Crippen LogP contribution in [0.1, 0.15) is 5.56 Å². The van der Waals surface area contributed by atoms with Gasteiger partial charge in [0.2, 0.25) is 0 Å². The number of thiophene rings is 1. The molecule has 0 saturated carbocycles. The number of hydrogen-bond acceptors (Lipinski definition) is 3. The topological polar surface area (TPSA) is 34.9 Å². The number of benzene rings is 2. The SMILES string of the molecule is O=c1c2scc(-c3ccc(F)cc3)c2ncn1Cc1cccc(F)c1. The fourth-order valence-corrected chi connectivity index (χ4v) is 3.70. The van der Waals surface area contributed by atoms with Crippen LogP contribution in [0.2, 0.25) is 0 Å². The highest BCUT2D eigenvalue weighted by Crippen LogP contribution is 2.30. The van der Waals surface area contributed by atoms with E-state index in [-0.39, 0.29) is 23.7 Å². The summed E-state index contributed by atoms with van der Waals surface area (Å²) in [6.07, 6.45) is 1.47. The average molecular weight is 354 g/mol. The van der Waals surface area contributed by atoms with Crippen LogP contribution in [0.4, 0.5) is 8.78 Å². The van der Waals surface area contributed by atoms with Gasteiger partial charge in [-0.15, -0.1) is 11.3 Å². The lowest BCUT2D eigenvalue weighted by Gasteiger charge is -2.06. The molecule has 4 rings (SSSR count). The second-order valence-corrected chi connectivity index (χ2v) is 6.52. The van der Waals surface area contributed by atoms with Gasteiger partial charge in [-0.25, -0.2) is 13.8 Å². The van der Waals surface area contributed by atoms with Crippen LogP contribution in [0.15, 0.2) is 65.0 Å². The van der Waals surface area contributed by atoms with E-state index in [0.717, 1.165) is 11.1 Å². The fourth-order valence-electron chi connectivity index (χ4n) is 2.72. The van der Waals surface area contributed by atoms with Crippen LogP contribution in [0.5, 0.6) is 0 Å². The van der Waals surface area contributed by atoms with E-state index in [2.05, 4.69) is 4.98 Å². The highest BCUT2D eigenvalue weighted by atomic mass is 32.1. The monoisotopic (exact) mass is 354 g/mol. The molecule has 0 aliphatic rings. The zero-order valence-corrected chi connectivity index (χ0v) is 13.8. The highest BCUT2D eigenvalue weighted by Gasteiger charge is 2.13. The first-order valence-electron chi connectivity index (χ1n) is 7.59. The summed E-state index contributed by atoms with van der Waals surface area (Å²) in [6.45, 7) is 0.253. The maximum Gasteiger partial charge on any atom is 0.271 e. The van der Waals surface area contributed by atoms with Crippen molar-refractivity contribution < 1.29 is 8.78 Å². The summed E-state index contributed by atoms with van der Waals surface area (Å²) in [6, 6.07) is 12.2. The van der Waals surface area contributed by atoms with Gasteiger partial charge in [0.25, 0.3) is 5.56 Å². The minimum absolute atomic E-state index is 0.173. The first-order valence-corrected chi connectivity index (χ1v) is 8.47. The molecule has 0 amide bonds. The van der Waals surface area contributed by atoms with Crippen molar-refractivity contribution in [2.45, 2.75) is 6.54 Å². The van der Waals surface area contributed by atoms with Crippen molar-refractivity contribution >= 4 is 21.6 Å². The van der Waals surface area contributed by atoms with Gasteiger partial charge in [-0.2, -0.15) is 0 Å². The van der Waals surface area contributed by atoms with Gasteiger partial charge in [0.1, 0.15) is 16.3 Å². The van der Waals surface area contributed by atoms with Crippen LogP contribution in [0.3, 0.4) is 0 Å². The Kier molecular flexibility index (Phi) is 3.89. The van der Waals surface area contributed by atoms with Gasteiger partial charge in [-0.3, -0.25) is 9.36 Å². The Morgan fingerprint density at radius 3 is 2.60 bits per heavy atom. The second-order valence-electron chi connectivity index (χ2n) is 5.64. The molecule has 2 heterocycles. The van der Waals surface area contributed by atoms with Crippen LogP contribution >= 0.6 is 11.3 Å². The van der Waals surface area contributed by atoms with Crippen molar-refractivity contribution in [1.82, 2.24) is 9.55 Å². The van der Waals surface area contributed by atoms with Crippen molar-refractivity contribution in [2.75, 3.05) is 0 Å². The quantitative estimate of drug-likeness (QED) is 0.545. The molecule has 0 radical (unpaired) electrons. The summed E-state index contributed by atoms with van der Waals surface area (Å²) >= 11 is 1.30. The largest absolute Gasteiger partial charge is 0.294 e. The van der Waals surface area contributed by atoms with E-state index in [1.54, 1.807) is 24.3 Å². The molecular weight excluding hydrogens is 342 g/mol. The zero-order valence-electron chi connectivity index (χ0n) is 12.9. The van der Waals surface area contributed by atoms with E-state index < -0.39 is 0 Å². The molecule has 6 heteroatoms. The number of fused-ring (bicyclic) bond motifs is 1. The molecule has 0 atom stereocenters. The predicted octanol–water partition coefficient (Wildman–Crippen LogP) is 4.45. The first-order chi connectivity index (χ1) is 12.1. The third-order valence-corrected chi connectivity index (χ3v) is 4.90. The molecule has 3 nitrogen and oxygen atoms in total. The lowest BCUT2D eigenvalue weighted by atomic mass is 10.1. The maximum absolute atomic E-state index is 13.3. The average Bonchev–Trinajstić information content (AvgIpc) is 3.03. The van der Waals surface area contributed by atoms with Crippen LogP contribution < -0.4 is 5.56 Å². The zero-order chi connectivity index (χ0) is 17.4. The predicted molar refractivity (Wildman–Crippen MR) is 94.8 cm³/mol. The summed E-state index contributed by atoms with van der Waals surface area (Å²) in [5.41, 5.74) is 2.72. The van der Waals surface area contributed by atoms with Crippen molar-refractivity contribution in [2.24, 2.45) is 0 Å². The van der Waals surface area contributed by atoms with Crippen LogP contribution in [-0.4, -0.2) is 9.55 Å². The van der Waals surface area contributed by atoms with Gasteiger partial charge in [-0.1, -0.05) is 24.3 Å². The van der Waals surface area contributed by atoms with Gasteiger partial charge < -0.3 is 0 Å². The molecule has 124 valence electrons. The minimum atomic E-state index is -0.339. The van der Waals surface area contributed by atoms with Gasteiger partial charge >= 0.3 is 0 Å². The van der Waals surface area contributed by atoms with Crippen molar-refractivity contribution in [3.8, 4) is 11.1 Å². The molecule has 2 aromatic heterocycles. The molecule has 2 aromatic carbocycles. The Hall–Kier alpha value is -2.86. The summed E-state index contributed by atoms with van der Waals surface area (Å²) in [4.78, 5) is 17.1. The Labute approximate surface area is 145 Å². The molecule has 0 N–H and O–H groups in total. The summed E-state index contributed by atoms with van der Waals surface area (Å²) in [5.74, 6) is -0.650. The fraction of sp³-hybridized carbons (Fsp3) is 0.0526. The molecule has 0 bridgehead atoms. The van der Waals surface area contributed by atoms with E-state index in [4.69, 9.17) is 0 Å². The first kappa shape index (κ1) is 15.7. The molecule has 25 heavy (non-hydrogen) atoms. The minimum Gasteiger partial charge on any atom is -0.294 e. The van der Waals surface area contributed by atoms with Crippen molar-refractivity contribution in [3.63, 3.8) is 0 Å². The van der Waals surface area contributed by atoms with E-state index in [0.29, 0.717) is 15.8 Å². The standard InChI is InChI=1S/C19H12F2N2OS/c20-14-6-4-13(5-7-14)16-10-25-18-17(16)22-11-23(19(18)24)9-12-2-1-3-15(21)8-12/h1-8,10-11H,9H2. The summed E-state index contributed by atoms with van der Waals surface area (Å²) in [5, 5.41) is 1.85. The Bertz CT molecular complexity index is 1120. The molecule has 0 saturated heterocycles. The van der Waals surface area contributed by atoms with Gasteiger partial charge in [0.15, 0.2) is 0 Å². The summed E-state index contributed by atoms with van der Waals surface area (Å²) in [7, 11) is 0. The van der Waals surface area contributed by atoms with E-state index >= 15 is 0 Å². The second kappa shape index (κ2) is 6.22. The van der Waals surface area contributed by atoms with Crippen LogP contribution in [0.25, 0.3) is 21.3 Å². The smallest absolute Gasteiger partial charge is 0.271 e. The van der Waals surface area contributed by atoms with Crippen molar-refractivity contribution in [3.05, 3.63) is 87.8 Å². The number of hydrogen-bond donors (Lipinski definition) is 0. The number of nitrogens with zero attached hydrogens (tertiary/aromatic N) is 2. The summed E-state index contributed by atoms with van der Waals surface area (Å²) < 4.78 is 28.4. The van der Waals surface area contributed by atoms with E-state index in [9.17, 15) is 13.6 Å². The molecule has 0 fully saturated rings. The Morgan fingerprint density at radius 2 is 1.84 bits per heavy atom. The normalized spacial score (nSPS) is 11.1. The third-order valence-electron chi connectivity index (χ3n) is 3.94. The van der Waals surface area contributed by atoms with E-state index in [1.165, 1.54) is 46.5 Å². The van der Waals surface area contributed by atoms with Gasteiger partial charge in [-0.05, 0) is 35.4 Å². The molecule has 0 spiro atoms. The number of rotatable bonds is 3. The van der Waals surface area contributed by atoms with Crippen LogP contribution in [0, 0.1) is 11.6 Å². The third kappa shape index (κ3) is 2.96. The van der Waals surface area contributed by atoms with Crippen molar-refractivity contribution in [1.29, 1.82) is 0 Å². The molecule has 0 unspecified atom stereocenters. The Balaban J connectivity index is 1.77. The molecule has 0 aliphatic heterocycles. The molecule has 0 aliphatic carbocycles. The number of aromatic nitrogens is 2. The lowest BCUT2D eigenvalue weighted by molar-refractivity contribution is 0.622. The van der Waals surface area contributed by atoms with Gasteiger partial charge in [0, 0.05) is 10.9 Å². The number of halogens is 2. The highest BCUT2D eigenvalue weighted by molar-refractivity contribution is 7.17.